The van der Waals surface area contributed by atoms with E-state index in [2.05, 4.69) is 31.1 Å². The Balaban J connectivity index is 2.46. The summed E-state index contributed by atoms with van der Waals surface area (Å²) in [6, 6.07) is 4.30. The summed E-state index contributed by atoms with van der Waals surface area (Å²) in [5.74, 6) is 0.777. The zero-order chi connectivity index (χ0) is 13.5. The molecule has 0 spiro atoms. The third kappa shape index (κ3) is 5.45. The van der Waals surface area contributed by atoms with Crippen LogP contribution in [0.3, 0.4) is 0 Å². The highest BCUT2D eigenvalue weighted by atomic mass is 32.1. The number of nitrogens with zero attached hydrogens (tertiary/aromatic N) is 1. The number of anilines is 1. The van der Waals surface area contributed by atoms with E-state index in [4.69, 9.17) is 18.0 Å². The molecule has 0 bridgehead atoms. The Morgan fingerprint density at radius 1 is 1.39 bits per heavy atom. The second-order valence-corrected chi connectivity index (χ2v) is 5.60. The molecular weight excluding hydrogens is 242 g/mol. The second-order valence-electron chi connectivity index (χ2n) is 5.16. The van der Waals surface area contributed by atoms with Gasteiger partial charge in [-0.05, 0) is 31.4 Å². The van der Waals surface area contributed by atoms with Gasteiger partial charge < -0.3 is 11.1 Å². The van der Waals surface area contributed by atoms with Gasteiger partial charge in [-0.3, -0.25) is 4.98 Å². The molecule has 0 aliphatic heterocycles. The van der Waals surface area contributed by atoms with Crippen LogP contribution in [0.25, 0.3) is 0 Å². The van der Waals surface area contributed by atoms with Crippen LogP contribution in [0.5, 0.6) is 0 Å². The Bertz CT molecular complexity index is 390. The molecule has 3 nitrogen and oxygen atoms in total. The van der Waals surface area contributed by atoms with Gasteiger partial charge in [0.05, 0.1) is 5.69 Å². The molecule has 1 aromatic rings. The predicted octanol–water partition coefficient (Wildman–Crippen LogP) is 3.34. The predicted molar refractivity (Wildman–Crippen MR) is 81.9 cm³/mol. The third-order valence-electron chi connectivity index (χ3n) is 2.84. The lowest BCUT2D eigenvalue weighted by Gasteiger charge is -2.16. The van der Waals surface area contributed by atoms with Crippen LogP contribution < -0.4 is 11.1 Å². The molecule has 0 fully saturated rings. The molecule has 1 rings (SSSR count). The standard InChI is InChI=1S/C14H23N3S/c1-10(2)5-4-6-11(3)17-12-7-8-16-13(9-12)14(15)18/h7-11H,4-6H2,1-3H3,(H2,15,18)(H,16,17). The second kappa shape index (κ2) is 7.31. The number of thiocarbonyl (C=S) groups is 1. The van der Waals surface area contributed by atoms with Crippen molar-refractivity contribution in [3.8, 4) is 0 Å². The molecular formula is C14H23N3S. The topological polar surface area (TPSA) is 50.9 Å². The molecule has 0 saturated heterocycles. The fraction of sp³-hybridized carbons (Fsp3) is 0.571. The van der Waals surface area contributed by atoms with E-state index in [1.807, 2.05) is 12.1 Å². The van der Waals surface area contributed by atoms with Gasteiger partial charge in [0.15, 0.2) is 0 Å². The van der Waals surface area contributed by atoms with Gasteiger partial charge in [-0.15, -0.1) is 0 Å². The minimum atomic E-state index is 0.339. The number of aromatic nitrogens is 1. The maximum atomic E-state index is 5.57. The van der Waals surface area contributed by atoms with Crippen LogP contribution in [-0.4, -0.2) is 16.0 Å². The third-order valence-corrected chi connectivity index (χ3v) is 3.05. The number of hydrogen-bond acceptors (Lipinski definition) is 3. The molecule has 1 unspecified atom stereocenters. The first-order chi connectivity index (χ1) is 8.49. The first-order valence-corrected chi connectivity index (χ1v) is 6.92. The molecule has 0 aliphatic carbocycles. The van der Waals surface area contributed by atoms with Crippen molar-refractivity contribution in [2.45, 2.75) is 46.1 Å². The van der Waals surface area contributed by atoms with Gasteiger partial charge in [0, 0.05) is 17.9 Å². The average molecular weight is 265 g/mol. The average Bonchev–Trinajstić information content (AvgIpc) is 2.28. The van der Waals surface area contributed by atoms with Crippen molar-refractivity contribution in [1.29, 1.82) is 0 Å². The molecule has 0 aliphatic rings. The molecule has 3 N–H and O–H groups in total. The molecule has 0 amide bonds. The van der Waals surface area contributed by atoms with Gasteiger partial charge in [-0.25, -0.2) is 0 Å². The van der Waals surface area contributed by atoms with E-state index < -0.39 is 0 Å². The first-order valence-electron chi connectivity index (χ1n) is 6.51. The first kappa shape index (κ1) is 14.9. The van der Waals surface area contributed by atoms with Crippen LogP contribution in [-0.2, 0) is 0 Å². The van der Waals surface area contributed by atoms with E-state index in [0.717, 1.165) is 11.6 Å². The molecule has 18 heavy (non-hydrogen) atoms. The lowest BCUT2D eigenvalue weighted by atomic mass is 10.0. The van der Waals surface area contributed by atoms with Crippen molar-refractivity contribution in [1.82, 2.24) is 4.98 Å². The maximum absolute atomic E-state index is 5.57. The van der Waals surface area contributed by atoms with Gasteiger partial charge in [0.1, 0.15) is 4.99 Å². The van der Waals surface area contributed by atoms with E-state index in [1.54, 1.807) is 6.20 Å². The van der Waals surface area contributed by atoms with Gasteiger partial charge in [-0.2, -0.15) is 0 Å². The molecule has 100 valence electrons. The summed E-state index contributed by atoms with van der Waals surface area (Å²) in [7, 11) is 0. The Hall–Kier alpha value is -1.16. The van der Waals surface area contributed by atoms with E-state index in [0.29, 0.717) is 16.7 Å². The molecule has 0 radical (unpaired) electrons. The van der Waals surface area contributed by atoms with E-state index >= 15 is 0 Å². The quantitative estimate of drug-likeness (QED) is 0.742. The highest BCUT2D eigenvalue weighted by Crippen LogP contribution is 2.14. The van der Waals surface area contributed by atoms with Crippen molar-refractivity contribution in [2.75, 3.05) is 5.32 Å². The summed E-state index contributed by atoms with van der Waals surface area (Å²) < 4.78 is 0. The number of rotatable bonds is 7. The molecule has 1 aromatic heterocycles. The summed E-state index contributed by atoms with van der Waals surface area (Å²) in [6.07, 6.45) is 5.43. The molecule has 0 aromatic carbocycles. The lowest BCUT2D eigenvalue weighted by Crippen LogP contribution is -2.17. The summed E-state index contributed by atoms with van der Waals surface area (Å²) >= 11 is 4.92. The fourth-order valence-electron chi connectivity index (χ4n) is 1.84. The SMILES string of the molecule is CC(C)CCCC(C)Nc1ccnc(C(N)=S)c1. The number of hydrogen-bond donors (Lipinski definition) is 2. The Morgan fingerprint density at radius 3 is 2.72 bits per heavy atom. The molecule has 1 heterocycles. The summed E-state index contributed by atoms with van der Waals surface area (Å²) in [6.45, 7) is 6.71. The van der Waals surface area contributed by atoms with Crippen LogP contribution >= 0.6 is 12.2 Å². The van der Waals surface area contributed by atoms with Crippen LogP contribution in [0.4, 0.5) is 5.69 Å². The lowest BCUT2D eigenvalue weighted by molar-refractivity contribution is 0.520. The van der Waals surface area contributed by atoms with Gasteiger partial charge in [-0.1, -0.05) is 38.9 Å². The summed E-state index contributed by atoms with van der Waals surface area (Å²) in [5.41, 5.74) is 7.27. The number of pyridine rings is 1. The van der Waals surface area contributed by atoms with Gasteiger partial charge in [0.25, 0.3) is 0 Å². The fourth-order valence-corrected chi connectivity index (χ4v) is 1.96. The summed E-state index contributed by atoms with van der Waals surface area (Å²) in [4.78, 5) is 4.46. The summed E-state index contributed by atoms with van der Waals surface area (Å²) in [5, 5.41) is 3.46. The number of nitrogens with one attached hydrogen (secondary N) is 1. The normalized spacial score (nSPS) is 12.4. The Kier molecular flexibility index (Phi) is 6.05. The van der Waals surface area contributed by atoms with E-state index in [1.165, 1.54) is 19.3 Å². The smallest absolute Gasteiger partial charge is 0.122 e. The maximum Gasteiger partial charge on any atom is 0.122 e. The largest absolute Gasteiger partial charge is 0.388 e. The zero-order valence-corrected chi connectivity index (χ0v) is 12.3. The highest BCUT2D eigenvalue weighted by molar-refractivity contribution is 7.80. The van der Waals surface area contributed by atoms with Crippen molar-refractivity contribution in [3.05, 3.63) is 24.0 Å². The van der Waals surface area contributed by atoms with Crippen molar-refractivity contribution < 1.29 is 0 Å². The van der Waals surface area contributed by atoms with Crippen LogP contribution in [0.15, 0.2) is 18.3 Å². The minimum absolute atomic E-state index is 0.339. The van der Waals surface area contributed by atoms with E-state index in [9.17, 15) is 0 Å². The monoisotopic (exact) mass is 265 g/mol. The van der Waals surface area contributed by atoms with Gasteiger partial charge >= 0.3 is 0 Å². The minimum Gasteiger partial charge on any atom is -0.388 e. The van der Waals surface area contributed by atoms with Crippen LogP contribution in [0, 0.1) is 5.92 Å². The molecule has 0 saturated carbocycles. The number of nitrogens with two attached hydrogens (primary N) is 1. The Morgan fingerprint density at radius 2 is 2.11 bits per heavy atom. The van der Waals surface area contributed by atoms with E-state index in [-0.39, 0.29) is 0 Å². The highest BCUT2D eigenvalue weighted by Gasteiger charge is 2.05. The molecule has 4 heteroatoms. The van der Waals surface area contributed by atoms with Crippen molar-refractivity contribution in [2.24, 2.45) is 11.7 Å². The van der Waals surface area contributed by atoms with Crippen molar-refractivity contribution in [3.63, 3.8) is 0 Å². The van der Waals surface area contributed by atoms with Crippen LogP contribution in [0.1, 0.15) is 45.7 Å². The van der Waals surface area contributed by atoms with Crippen molar-refractivity contribution >= 4 is 22.9 Å². The van der Waals surface area contributed by atoms with Crippen LogP contribution in [0.2, 0.25) is 0 Å². The van der Waals surface area contributed by atoms with Gasteiger partial charge in [0.2, 0.25) is 0 Å². The Labute approximate surface area is 115 Å². The zero-order valence-electron chi connectivity index (χ0n) is 11.4. The molecule has 1 atom stereocenters.